The van der Waals surface area contributed by atoms with Gasteiger partial charge in [-0.25, -0.2) is 0 Å². The molecule has 7 heteroatoms. The molecule has 0 aliphatic rings. The van der Waals surface area contributed by atoms with Crippen LogP contribution in [0.1, 0.15) is 72.1 Å². The largest absolute Gasteiger partial charge is 0.379 e. The van der Waals surface area contributed by atoms with Crippen molar-refractivity contribution < 1.29 is 33.2 Å². The van der Waals surface area contributed by atoms with E-state index in [-0.39, 0.29) is 6.10 Å². The first-order chi connectivity index (χ1) is 15.8. The fraction of sp³-hybridized carbons (Fsp3) is 1.00. The van der Waals surface area contributed by atoms with E-state index in [2.05, 4.69) is 6.92 Å². The molecule has 0 saturated carbocycles. The van der Waals surface area contributed by atoms with E-state index >= 15 is 0 Å². The summed E-state index contributed by atoms with van der Waals surface area (Å²) in [4.78, 5) is 0. The Morgan fingerprint density at radius 2 is 0.688 bits per heavy atom. The molecule has 32 heavy (non-hydrogen) atoms. The fourth-order valence-electron chi connectivity index (χ4n) is 2.88. The minimum atomic E-state index is 0.248. The summed E-state index contributed by atoms with van der Waals surface area (Å²) in [6.07, 6.45) is 10.9. The molecule has 0 fully saturated rings. The Hall–Kier alpha value is -0.280. The zero-order valence-electron chi connectivity index (χ0n) is 21.3. The minimum Gasteiger partial charge on any atom is -0.379 e. The number of hydrogen-bond donors (Lipinski definition) is 0. The van der Waals surface area contributed by atoms with Crippen LogP contribution in [0.3, 0.4) is 0 Å². The first-order valence-corrected chi connectivity index (χ1v) is 12.9. The maximum atomic E-state index is 5.60. The van der Waals surface area contributed by atoms with Crippen molar-refractivity contribution in [2.45, 2.75) is 78.2 Å². The van der Waals surface area contributed by atoms with Crippen molar-refractivity contribution >= 4 is 0 Å². The molecular formula is C25H52O7. The third-order valence-electron chi connectivity index (χ3n) is 4.68. The Bertz CT molecular complexity index is 329. The van der Waals surface area contributed by atoms with E-state index in [4.69, 9.17) is 33.2 Å². The molecule has 0 radical (unpaired) electrons. The van der Waals surface area contributed by atoms with Crippen LogP contribution in [0.5, 0.6) is 0 Å². The van der Waals surface area contributed by atoms with E-state index in [9.17, 15) is 0 Å². The summed E-state index contributed by atoms with van der Waals surface area (Å²) in [5.74, 6) is 0. The number of unbranched alkanes of at least 4 members (excludes halogenated alkanes) is 7. The molecule has 0 aromatic heterocycles. The maximum Gasteiger partial charge on any atom is 0.0703 e. The third kappa shape index (κ3) is 29.7. The third-order valence-corrected chi connectivity index (χ3v) is 4.68. The van der Waals surface area contributed by atoms with Crippen molar-refractivity contribution in [3.63, 3.8) is 0 Å². The Morgan fingerprint density at radius 1 is 0.375 bits per heavy atom. The number of rotatable bonds is 28. The van der Waals surface area contributed by atoms with Gasteiger partial charge in [0, 0.05) is 6.61 Å². The van der Waals surface area contributed by atoms with Gasteiger partial charge < -0.3 is 33.2 Å². The van der Waals surface area contributed by atoms with Gasteiger partial charge in [-0.1, -0.05) is 51.9 Å². The molecule has 0 heterocycles. The van der Waals surface area contributed by atoms with Gasteiger partial charge in [-0.15, -0.1) is 0 Å². The van der Waals surface area contributed by atoms with Gasteiger partial charge in [-0.05, 0) is 20.3 Å². The van der Waals surface area contributed by atoms with Gasteiger partial charge in [0.25, 0.3) is 0 Å². The minimum absolute atomic E-state index is 0.248. The summed E-state index contributed by atoms with van der Waals surface area (Å²) in [5.41, 5.74) is 0. The van der Waals surface area contributed by atoms with Crippen molar-refractivity contribution in [2.24, 2.45) is 0 Å². The second-order valence-corrected chi connectivity index (χ2v) is 8.07. The lowest BCUT2D eigenvalue weighted by Gasteiger charge is -2.09. The summed E-state index contributed by atoms with van der Waals surface area (Å²) in [5, 5.41) is 0. The Kier molecular flexibility index (Phi) is 28.5. The van der Waals surface area contributed by atoms with Crippen LogP contribution in [0.2, 0.25) is 0 Å². The van der Waals surface area contributed by atoms with Gasteiger partial charge >= 0.3 is 0 Å². The lowest BCUT2D eigenvalue weighted by molar-refractivity contribution is -0.0238. The molecule has 0 aliphatic carbocycles. The van der Waals surface area contributed by atoms with Crippen LogP contribution in [-0.4, -0.2) is 92.0 Å². The second-order valence-electron chi connectivity index (χ2n) is 8.07. The molecule has 0 N–H and O–H groups in total. The van der Waals surface area contributed by atoms with Crippen LogP contribution in [0.15, 0.2) is 0 Å². The SMILES string of the molecule is CCCCCCCCCCOCCOCCOCCOCCOCCOCCOC(C)C. The summed E-state index contributed by atoms with van der Waals surface area (Å²) < 4.78 is 38.3. The molecule has 7 nitrogen and oxygen atoms in total. The molecule has 0 aromatic rings. The molecule has 0 atom stereocenters. The van der Waals surface area contributed by atoms with Crippen molar-refractivity contribution in [3.05, 3.63) is 0 Å². The lowest BCUT2D eigenvalue weighted by Crippen LogP contribution is -2.15. The van der Waals surface area contributed by atoms with E-state index in [1.165, 1.54) is 44.9 Å². The van der Waals surface area contributed by atoms with E-state index in [1.54, 1.807) is 0 Å². The van der Waals surface area contributed by atoms with Gasteiger partial charge in [0.05, 0.1) is 85.4 Å². The number of ether oxygens (including phenoxy) is 7. The van der Waals surface area contributed by atoms with E-state index < -0.39 is 0 Å². The predicted octanol–water partition coefficient (Wildman–Crippen LogP) is 4.65. The van der Waals surface area contributed by atoms with Gasteiger partial charge in [0.1, 0.15) is 0 Å². The molecule has 0 spiro atoms. The quantitative estimate of drug-likeness (QED) is 0.156. The van der Waals surface area contributed by atoms with Crippen LogP contribution in [0.25, 0.3) is 0 Å². The first-order valence-electron chi connectivity index (χ1n) is 12.9. The zero-order valence-corrected chi connectivity index (χ0v) is 21.3. The second kappa shape index (κ2) is 28.8. The van der Waals surface area contributed by atoms with Crippen LogP contribution >= 0.6 is 0 Å². The molecule has 0 rings (SSSR count). The van der Waals surface area contributed by atoms with Crippen LogP contribution in [0.4, 0.5) is 0 Å². The molecule has 0 bridgehead atoms. The molecule has 0 aliphatic heterocycles. The standard InChI is InChI=1S/C25H52O7/c1-4-5-6-7-8-9-10-11-12-26-13-14-27-15-16-28-17-18-29-19-20-30-21-22-31-23-24-32-25(2)3/h25H,4-24H2,1-3H3. The Morgan fingerprint density at radius 3 is 1.06 bits per heavy atom. The maximum absolute atomic E-state index is 5.60. The summed E-state index contributed by atoms with van der Waals surface area (Å²) in [7, 11) is 0. The molecule has 0 amide bonds. The van der Waals surface area contributed by atoms with Crippen molar-refractivity contribution in [3.8, 4) is 0 Å². The molecule has 0 aromatic carbocycles. The van der Waals surface area contributed by atoms with E-state index in [0.29, 0.717) is 79.3 Å². The fourth-order valence-corrected chi connectivity index (χ4v) is 2.88. The first kappa shape index (κ1) is 31.7. The van der Waals surface area contributed by atoms with E-state index in [0.717, 1.165) is 13.0 Å². The van der Waals surface area contributed by atoms with Gasteiger partial charge in [-0.2, -0.15) is 0 Å². The highest BCUT2D eigenvalue weighted by molar-refractivity contribution is 4.46. The van der Waals surface area contributed by atoms with Crippen molar-refractivity contribution in [1.29, 1.82) is 0 Å². The van der Waals surface area contributed by atoms with Crippen LogP contribution < -0.4 is 0 Å². The highest BCUT2D eigenvalue weighted by Crippen LogP contribution is 2.08. The van der Waals surface area contributed by atoms with Crippen molar-refractivity contribution in [1.82, 2.24) is 0 Å². The summed E-state index contributed by atoms with van der Waals surface area (Å²) in [6, 6.07) is 0. The Labute approximate surface area is 197 Å². The Balaban J connectivity index is 3.00. The van der Waals surface area contributed by atoms with Gasteiger partial charge in [0.15, 0.2) is 0 Å². The topological polar surface area (TPSA) is 64.6 Å². The highest BCUT2D eigenvalue weighted by Gasteiger charge is 1.96. The molecular weight excluding hydrogens is 412 g/mol. The monoisotopic (exact) mass is 464 g/mol. The van der Waals surface area contributed by atoms with E-state index in [1.807, 2.05) is 13.8 Å². The average molecular weight is 465 g/mol. The predicted molar refractivity (Wildman–Crippen MR) is 129 cm³/mol. The summed E-state index contributed by atoms with van der Waals surface area (Å²) >= 11 is 0. The molecule has 0 saturated heterocycles. The lowest BCUT2D eigenvalue weighted by atomic mass is 10.1. The number of hydrogen-bond acceptors (Lipinski definition) is 7. The summed E-state index contributed by atoms with van der Waals surface area (Å²) in [6.45, 7) is 14.2. The van der Waals surface area contributed by atoms with Crippen molar-refractivity contribution in [2.75, 3.05) is 85.9 Å². The zero-order chi connectivity index (χ0) is 23.4. The highest BCUT2D eigenvalue weighted by atomic mass is 16.6. The normalized spacial score (nSPS) is 11.6. The van der Waals surface area contributed by atoms with Crippen LogP contribution in [0, 0.1) is 0 Å². The smallest absolute Gasteiger partial charge is 0.0703 e. The molecule has 0 unspecified atom stereocenters. The van der Waals surface area contributed by atoms with Gasteiger partial charge in [-0.3, -0.25) is 0 Å². The average Bonchev–Trinajstić information content (AvgIpc) is 2.78. The van der Waals surface area contributed by atoms with Gasteiger partial charge in [0.2, 0.25) is 0 Å². The van der Waals surface area contributed by atoms with Crippen LogP contribution in [-0.2, 0) is 33.2 Å². The molecule has 194 valence electrons.